The van der Waals surface area contributed by atoms with E-state index in [9.17, 15) is 9.59 Å². The van der Waals surface area contributed by atoms with E-state index in [2.05, 4.69) is 15.6 Å². The molecular formula is C15H18ClN3O2. The molecule has 1 aromatic heterocycles. The van der Waals surface area contributed by atoms with Crippen LogP contribution in [0, 0.1) is 0 Å². The first-order valence-electron chi connectivity index (χ1n) is 6.83. The van der Waals surface area contributed by atoms with Gasteiger partial charge in [0.25, 0.3) is 0 Å². The van der Waals surface area contributed by atoms with E-state index < -0.39 is 0 Å². The Morgan fingerprint density at radius 2 is 2.00 bits per heavy atom. The molecule has 21 heavy (non-hydrogen) atoms. The second-order valence-electron chi connectivity index (χ2n) is 4.87. The van der Waals surface area contributed by atoms with Crippen molar-refractivity contribution < 1.29 is 9.59 Å². The van der Waals surface area contributed by atoms with Gasteiger partial charge in [-0.2, -0.15) is 0 Å². The van der Waals surface area contributed by atoms with Crippen LogP contribution in [0.3, 0.4) is 0 Å². The van der Waals surface area contributed by atoms with Crippen LogP contribution in [0.5, 0.6) is 0 Å². The van der Waals surface area contributed by atoms with Crippen LogP contribution in [0.2, 0.25) is 5.02 Å². The summed E-state index contributed by atoms with van der Waals surface area (Å²) in [7, 11) is 0. The Hall–Kier alpha value is -2.01. The Kier molecular flexibility index (Phi) is 5.22. The fourth-order valence-electron chi connectivity index (χ4n) is 2.11. The van der Waals surface area contributed by atoms with E-state index in [1.54, 1.807) is 0 Å². The molecule has 6 heteroatoms. The Labute approximate surface area is 128 Å². The number of aromatic nitrogens is 1. The first-order chi connectivity index (χ1) is 10.1. The molecule has 112 valence electrons. The molecule has 0 aliphatic rings. The summed E-state index contributed by atoms with van der Waals surface area (Å²) in [4.78, 5) is 25.7. The monoisotopic (exact) mass is 307 g/mol. The molecule has 2 aromatic rings. The largest absolute Gasteiger partial charge is 0.361 e. The van der Waals surface area contributed by atoms with E-state index in [1.165, 1.54) is 6.92 Å². The van der Waals surface area contributed by atoms with Crippen LogP contribution in [-0.4, -0.2) is 29.9 Å². The highest BCUT2D eigenvalue weighted by Crippen LogP contribution is 2.22. The predicted octanol–water partition coefficient (Wildman–Crippen LogP) is 2.01. The van der Waals surface area contributed by atoms with Crippen molar-refractivity contribution in [3.63, 3.8) is 0 Å². The second kappa shape index (κ2) is 7.13. The van der Waals surface area contributed by atoms with Gasteiger partial charge in [-0.15, -0.1) is 0 Å². The van der Waals surface area contributed by atoms with Gasteiger partial charge >= 0.3 is 0 Å². The van der Waals surface area contributed by atoms with Crippen molar-refractivity contribution in [2.45, 2.75) is 19.8 Å². The summed E-state index contributed by atoms with van der Waals surface area (Å²) in [5.74, 6) is -0.101. The quantitative estimate of drug-likeness (QED) is 0.714. The maximum absolute atomic E-state index is 11.9. The number of carbonyl (C=O) groups excluding carboxylic acids is 2. The molecule has 0 spiro atoms. The molecule has 0 bridgehead atoms. The van der Waals surface area contributed by atoms with E-state index in [4.69, 9.17) is 11.6 Å². The highest BCUT2D eigenvalue weighted by molar-refractivity contribution is 6.31. The number of benzene rings is 1. The fourth-order valence-corrected chi connectivity index (χ4v) is 2.29. The van der Waals surface area contributed by atoms with E-state index in [0.29, 0.717) is 31.0 Å². The van der Waals surface area contributed by atoms with Crippen LogP contribution in [-0.2, 0) is 16.0 Å². The zero-order valence-corrected chi connectivity index (χ0v) is 12.6. The van der Waals surface area contributed by atoms with Crippen molar-refractivity contribution in [1.82, 2.24) is 15.6 Å². The topological polar surface area (TPSA) is 74.0 Å². The molecule has 0 saturated carbocycles. The average molecular weight is 308 g/mol. The van der Waals surface area contributed by atoms with Crippen molar-refractivity contribution in [3.05, 3.63) is 35.0 Å². The molecule has 0 fully saturated rings. The van der Waals surface area contributed by atoms with Crippen molar-refractivity contribution in [3.8, 4) is 0 Å². The van der Waals surface area contributed by atoms with Crippen LogP contribution < -0.4 is 10.6 Å². The average Bonchev–Trinajstić information content (AvgIpc) is 2.80. The summed E-state index contributed by atoms with van der Waals surface area (Å²) in [6.45, 7) is 2.58. The Morgan fingerprint density at radius 1 is 1.24 bits per heavy atom. The first-order valence-corrected chi connectivity index (χ1v) is 7.20. The molecule has 0 aliphatic heterocycles. The molecule has 0 radical (unpaired) electrons. The predicted molar refractivity (Wildman–Crippen MR) is 83.3 cm³/mol. The third-order valence-corrected chi connectivity index (χ3v) is 3.37. The lowest BCUT2D eigenvalue weighted by atomic mass is 10.1. The van der Waals surface area contributed by atoms with E-state index in [0.717, 1.165) is 16.5 Å². The van der Waals surface area contributed by atoms with Crippen LogP contribution in [0.4, 0.5) is 0 Å². The highest BCUT2D eigenvalue weighted by Gasteiger charge is 2.08. The van der Waals surface area contributed by atoms with Gasteiger partial charge in [0.15, 0.2) is 0 Å². The number of aromatic amines is 1. The van der Waals surface area contributed by atoms with E-state index in [1.807, 2.05) is 24.4 Å². The SMILES string of the molecule is CC(=O)NCCCNC(=O)Cc1c[nH]c2ccc(Cl)cc12. The third-order valence-electron chi connectivity index (χ3n) is 3.13. The Morgan fingerprint density at radius 3 is 2.76 bits per heavy atom. The lowest BCUT2D eigenvalue weighted by Crippen LogP contribution is -2.29. The maximum atomic E-state index is 11.9. The molecule has 2 amide bonds. The van der Waals surface area contributed by atoms with E-state index >= 15 is 0 Å². The van der Waals surface area contributed by atoms with Gasteiger partial charge in [0, 0.05) is 42.1 Å². The summed E-state index contributed by atoms with van der Waals surface area (Å²) in [6.07, 6.45) is 2.85. The van der Waals surface area contributed by atoms with Crippen LogP contribution in [0.25, 0.3) is 10.9 Å². The number of fused-ring (bicyclic) bond motifs is 1. The standard InChI is InChI=1S/C15H18ClN3O2/c1-10(20)17-5-2-6-18-15(21)7-11-9-19-14-4-3-12(16)8-13(11)14/h3-4,8-9,19H,2,5-7H2,1H3,(H,17,20)(H,18,21). The number of H-pyrrole nitrogens is 1. The lowest BCUT2D eigenvalue weighted by molar-refractivity contribution is -0.120. The fraction of sp³-hybridized carbons (Fsp3) is 0.333. The van der Waals surface area contributed by atoms with Gasteiger partial charge < -0.3 is 15.6 Å². The zero-order valence-electron chi connectivity index (χ0n) is 11.8. The summed E-state index contributed by atoms with van der Waals surface area (Å²) < 4.78 is 0. The van der Waals surface area contributed by atoms with Gasteiger partial charge in [-0.3, -0.25) is 9.59 Å². The highest BCUT2D eigenvalue weighted by atomic mass is 35.5. The molecule has 5 nitrogen and oxygen atoms in total. The smallest absolute Gasteiger partial charge is 0.224 e. The number of hydrogen-bond donors (Lipinski definition) is 3. The summed E-state index contributed by atoms with van der Waals surface area (Å²) >= 11 is 5.98. The molecule has 0 atom stereocenters. The molecule has 0 saturated heterocycles. The van der Waals surface area contributed by atoms with Gasteiger partial charge in [-0.25, -0.2) is 0 Å². The number of amides is 2. The summed E-state index contributed by atoms with van der Waals surface area (Å²) in [5.41, 5.74) is 1.89. The second-order valence-corrected chi connectivity index (χ2v) is 5.30. The number of carbonyl (C=O) groups is 2. The molecular weight excluding hydrogens is 290 g/mol. The van der Waals surface area contributed by atoms with Gasteiger partial charge in [0.2, 0.25) is 11.8 Å². The number of rotatable bonds is 6. The van der Waals surface area contributed by atoms with E-state index in [-0.39, 0.29) is 11.8 Å². The molecule has 1 aromatic carbocycles. The van der Waals surface area contributed by atoms with Crippen LogP contribution >= 0.6 is 11.6 Å². The minimum absolute atomic E-state index is 0.0429. The maximum Gasteiger partial charge on any atom is 0.224 e. The van der Waals surface area contributed by atoms with Crippen molar-refractivity contribution in [2.75, 3.05) is 13.1 Å². The van der Waals surface area contributed by atoms with Gasteiger partial charge in [0.1, 0.15) is 0 Å². The number of halogens is 1. The van der Waals surface area contributed by atoms with Crippen molar-refractivity contribution in [2.24, 2.45) is 0 Å². The van der Waals surface area contributed by atoms with Crippen molar-refractivity contribution in [1.29, 1.82) is 0 Å². The Bertz CT molecular complexity index is 651. The van der Waals surface area contributed by atoms with Crippen LogP contribution in [0.15, 0.2) is 24.4 Å². The Balaban J connectivity index is 1.84. The molecule has 0 aliphatic carbocycles. The minimum Gasteiger partial charge on any atom is -0.361 e. The van der Waals surface area contributed by atoms with Crippen LogP contribution in [0.1, 0.15) is 18.9 Å². The third kappa shape index (κ3) is 4.49. The normalized spacial score (nSPS) is 10.6. The lowest BCUT2D eigenvalue weighted by Gasteiger charge is -2.05. The molecule has 3 N–H and O–H groups in total. The van der Waals surface area contributed by atoms with Gasteiger partial charge in [0.05, 0.1) is 6.42 Å². The number of hydrogen-bond acceptors (Lipinski definition) is 2. The molecule has 0 unspecified atom stereocenters. The molecule has 1 heterocycles. The minimum atomic E-state index is -0.0583. The summed E-state index contributed by atoms with van der Waals surface area (Å²) in [6, 6.07) is 5.56. The van der Waals surface area contributed by atoms with Gasteiger partial charge in [-0.1, -0.05) is 11.6 Å². The van der Waals surface area contributed by atoms with Gasteiger partial charge in [-0.05, 0) is 30.2 Å². The zero-order chi connectivity index (χ0) is 15.2. The first kappa shape index (κ1) is 15.4. The van der Waals surface area contributed by atoms with Crippen molar-refractivity contribution >= 4 is 34.3 Å². The summed E-state index contributed by atoms with van der Waals surface area (Å²) in [5, 5.41) is 7.14. The number of nitrogens with one attached hydrogen (secondary N) is 3. The molecule has 2 rings (SSSR count).